The van der Waals surface area contributed by atoms with Gasteiger partial charge in [-0.25, -0.2) is 8.42 Å². The molecule has 1 aliphatic carbocycles. The van der Waals surface area contributed by atoms with E-state index in [1.165, 1.54) is 24.3 Å². The second-order valence-electron chi connectivity index (χ2n) is 12.5. The van der Waals surface area contributed by atoms with E-state index in [0.29, 0.717) is 126 Å². The first-order valence-corrected chi connectivity index (χ1v) is 21.0. The molecule has 0 saturated carbocycles. The van der Waals surface area contributed by atoms with Gasteiger partial charge in [-0.15, -0.1) is 0 Å². The Morgan fingerprint density at radius 3 is 1.88 bits per heavy atom. The van der Waals surface area contributed by atoms with Gasteiger partial charge in [0, 0.05) is 43.5 Å². The van der Waals surface area contributed by atoms with Crippen molar-refractivity contribution in [2.45, 2.75) is 42.1 Å². The molecule has 19 heteroatoms. The molecule has 5 rings (SSSR count). The number of methoxy groups -OCH3 is 2. The Labute approximate surface area is 330 Å². The third-order valence-electron chi connectivity index (χ3n) is 8.74. The standard InChI is InChI=1S/C37H45ClN2O14S2/c1-47-17-19-51-23-21-49-15-13-39-31-9-7-29(55(41,42)43)25-33(31)53-35(39)11-5-27-3-4-28(37(27)38)6-12-36-40(14-16-50-22-24-52-20-18-48-2)32-10-8-30(56(44,45)46)26-34(32)54-36/h5-11,25-26H,3-4,12-24H2,1-2H3/p+1/b11-5+,28-6+. The zero-order valence-electron chi connectivity index (χ0n) is 31.1. The van der Waals surface area contributed by atoms with E-state index in [9.17, 15) is 25.9 Å². The number of nitrogens with zero attached hydrogens (tertiary/aromatic N) is 2. The van der Waals surface area contributed by atoms with Gasteiger partial charge in [0.15, 0.2) is 13.1 Å². The number of ether oxygens (including phenoxy) is 6. The van der Waals surface area contributed by atoms with Crippen molar-refractivity contribution in [2.24, 2.45) is 0 Å². The number of halogens is 1. The Hall–Kier alpha value is -3.53. The van der Waals surface area contributed by atoms with Gasteiger partial charge in [0.1, 0.15) is 23.3 Å². The molecular formula is C37H46ClN2O14S2+. The lowest BCUT2D eigenvalue weighted by Crippen LogP contribution is -2.39. The number of rotatable bonds is 24. The van der Waals surface area contributed by atoms with Crippen LogP contribution < -0.4 is 9.13 Å². The maximum absolute atomic E-state index is 11.8. The minimum Gasteiger partial charge on any atom is -0.744 e. The van der Waals surface area contributed by atoms with Crippen molar-refractivity contribution in [2.75, 3.05) is 80.3 Å². The lowest BCUT2D eigenvalue weighted by Gasteiger charge is -2.05. The van der Waals surface area contributed by atoms with E-state index >= 15 is 0 Å². The zero-order chi connectivity index (χ0) is 40.1. The molecule has 2 heterocycles. The molecule has 0 atom stereocenters. The molecular weight excluding hydrogens is 796 g/mol. The summed E-state index contributed by atoms with van der Waals surface area (Å²) in [6.07, 6.45) is 7.12. The molecule has 0 amide bonds. The SMILES string of the molecule is COCCOCCOCC[n+]1c(/C=C/C2=C(Cl)C(=C/Cc3oc4cc(S(=O)(=O)[O-])ccc4[n+]3CCOCCOCCOC)/CC2)oc2cc(S(=O)(=O)O)ccc21. The van der Waals surface area contributed by atoms with Crippen molar-refractivity contribution in [1.29, 1.82) is 0 Å². The lowest BCUT2D eigenvalue weighted by atomic mass is 10.2. The second-order valence-corrected chi connectivity index (χ2v) is 15.6. The first-order valence-electron chi connectivity index (χ1n) is 17.8. The van der Waals surface area contributed by atoms with Gasteiger partial charge >= 0.3 is 11.8 Å². The normalized spacial score (nSPS) is 14.8. The maximum Gasteiger partial charge on any atom is 0.374 e. The molecule has 16 nitrogen and oxygen atoms in total. The molecule has 1 aliphatic rings. The summed E-state index contributed by atoms with van der Waals surface area (Å²) in [6.45, 7) is 4.83. The van der Waals surface area contributed by atoms with Crippen molar-refractivity contribution in [3.05, 3.63) is 76.5 Å². The summed E-state index contributed by atoms with van der Waals surface area (Å²) in [5, 5.41) is 0.550. The topological polar surface area (TPSA) is 201 Å². The van der Waals surface area contributed by atoms with Crippen LogP contribution in [-0.4, -0.2) is 106 Å². The maximum atomic E-state index is 11.8. The Balaban J connectivity index is 1.33. The Morgan fingerprint density at radius 2 is 1.27 bits per heavy atom. The summed E-state index contributed by atoms with van der Waals surface area (Å²) < 4.78 is 117. The van der Waals surface area contributed by atoms with Gasteiger partial charge in [0.05, 0.1) is 75.1 Å². The Kier molecular flexibility index (Phi) is 16.2. The van der Waals surface area contributed by atoms with Crippen LogP contribution in [-0.2, 0) is 68.2 Å². The third-order valence-corrected chi connectivity index (χ3v) is 10.9. The highest BCUT2D eigenvalue weighted by Crippen LogP contribution is 2.35. The quantitative estimate of drug-likeness (QED) is 0.0608. The van der Waals surface area contributed by atoms with E-state index in [1.54, 1.807) is 32.4 Å². The molecule has 0 unspecified atom stereocenters. The van der Waals surface area contributed by atoms with Gasteiger partial charge in [-0.1, -0.05) is 17.7 Å². The highest BCUT2D eigenvalue weighted by molar-refractivity contribution is 7.86. The molecule has 1 N–H and O–H groups in total. The molecule has 0 bridgehead atoms. The summed E-state index contributed by atoms with van der Waals surface area (Å²) in [7, 11) is -5.95. The predicted octanol–water partition coefficient (Wildman–Crippen LogP) is 3.73. The van der Waals surface area contributed by atoms with Crippen LogP contribution in [0.25, 0.3) is 28.3 Å². The minimum atomic E-state index is -4.69. The minimum absolute atomic E-state index is 0.249. The summed E-state index contributed by atoms with van der Waals surface area (Å²) >= 11 is 6.89. The van der Waals surface area contributed by atoms with Crippen LogP contribution in [0.15, 0.2) is 83.4 Å². The predicted molar refractivity (Wildman–Crippen MR) is 201 cm³/mol. The smallest absolute Gasteiger partial charge is 0.374 e. The molecule has 0 aliphatic heterocycles. The van der Waals surface area contributed by atoms with E-state index < -0.39 is 20.2 Å². The fourth-order valence-corrected chi connectivity index (χ4v) is 7.25. The molecule has 2 aromatic carbocycles. The number of benzene rings is 2. The van der Waals surface area contributed by atoms with Gasteiger partial charge < -0.3 is 41.8 Å². The van der Waals surface area contributed by atoms with Gasteiger partial charge in [0.25, 0.3) is 21.2 Å². The van der Waals surface area contributed by atoms with Crippen molar-refractivity contribution in [3.63, 3.8) is 0 Å². The number of fused-ring (bicyclic) bond motifs is 2. The van der Waals surface area contributed by atoms with Crippen LogP contribution in [0.2, 0.25) is 0 Å². The van der Waals surface area contributed by atoms with E-state index in [4.69, 9.17) is 48.9 Å². The van der Waals surface area contributed by atoms with Crippen molar-refractivity contribution in [1.82, 2.24) is 0 Å². The second kappa shape index (κ2) is 20.8. The number of aromatic nitrogens is 2. The van der Waals surface area contributed by atoms with Crippen molar-refractivity contribution < 1.29 is 72.3 Å². The van der Waals surface area contributed by atoms with E-state index in [2.05, 4.69) is 0 Å². The highest BCUT2D eigenvalue weighted by atomic mass is 35.5. The summed E-state index contributed by atoms with van der Waals surface area (Å²) in [6, 6.07) is 8.15. The molecule has 0 saturated heterocycles. The van der Waals surface area contributed by atoms with Crippen LogP contribution in [0, 0.1) is 0 Å². The number of hydrogen-bond donors (Lipinski definition) is 1. The summed E-state index contributed by atoms with van der Waals surface area (Å²) in [5.41, 5.74) is 3.43. The average Bonchev–Trinajstić information content (AvgIpc) is 3.82. The number of hydrogen-bond acceptors (Lipinski definition) is 13. The Morgan fingerprint density at radius 1 is 0.732 bits per heavy atom. The number of oxazole rings is 2. The van der Waals surface area contributed by atoms with Gasteiger partial charge in [-0.3, -0.25) is 4.55 Å². The average molecular weight is 842 g/mol. The highest BCUT2D eigenvalue weighted by Gasteiger charge is 2.26. The van der Waals surface area contributed by atoms with E-state index in [-0.39, 0.29) is 21.0 Å². The van der Waals surface area contributed by atoms with Crippen LogP contribution in [0.3, 0.4) is 0 Å². The summed E-state index contributed by atoms with van der Waals surface area (Å²) in [5.74, 6) is 0.922. The molecule has 4 aromatic rings. The fraction of sp³-hybridized carbons (Fsp3) is 0.459. The fourth-order valence-electron chi connectivity index (χ4n) is 5.93. The molecule has 2 aromatic heterocycles. The van der Waals surface area contributed by atoms with Gasteiger partial charge in [-0.05, 0) is 42.2 Å². The summed E-state index contributed by atoms with van der Waals surface area (Å²) in [4.78, 5) is -0.682. The molecule has 56 heavy (non-hydrogen) atoms. The van der Waals surface area contributed by atoms with E-state index in [1.807, 2.05) is 21.3 Å². The largest absolute Gasteiger partial charge is 0.744 e. The first-order chi connectivity index (χ1) is 26.9. The van der Waals surface area contributed by atoms with Crippen LogP contribution in [0.4, 0.5) is 0 Å². The third kappa shape index (κ3) is 12.0. The van der Waals surface area contributed by atoms with Crippen molar-refractivity contribution >= 4 is 60.1 Å². The van der Waals surface area contributed by atoms with Crippen LogP contribution >= 0.6 is 11.6 Å². The first kappa shape index (κ1) is 43.6. The van der Waals surface area contributed by atoms with Crippen molar-refractivity contribution in [3.8, 4) is 0 Å². The number of allylic oxidation sites excluding steroid dienone is 5. The molecule has 0 fully saturated rings. The molecule has 0 spiro atoms. The van der Waals surface area contributed by atoms with Crippen LogP contribution in [0.5, 0.6) is 0 Å². The zero-order valence-corrected chi connectivity index (χ0v) is 33.5. The van der Waals surface area contributed by atoms with E-state index in [0.717, 1.165) is 11.1 Å². The van der Waals surface area contributed by atoms with Gasteiger partial charge in [-0.2, -0.15) is 17.6 Å². The monoisotopic (exact) mass is 841 g/mol. The van der Waals surface area contributed by atoms with Crippen LogP contribution in [0.1, 0.15) is 24.6 Å². The van der Waals surface area contributed by atoms with Gasteiger partial charge in [0.2, 0.25) is 11.2 Å². The Bertz CT molecular complexity index is 2260. The molecule has 0 radical (unpaired) electrons. The lowest BCUT2D eigenvalue weighted by molar-refractivity contribution is -0.685. The molecule has 306 valence electrons.